The number of unbranched alkanes of at least 4 members (excludes halogenated alkanes) is 1. The van der Waals surface area contributed by atoms with Crippen LogP contribution in [0, 0.1) is 0 Å². The zero-order chi connectivity index (χ0) is 11.8. The maximum Gasteiger partial charge on any atom is 0.266 e. The fourth-order valence-electron chi connectivity index (χ4n) is 2.13. The molecule has 0 unspecified atom stereocenters. The molecular weight excluding hydrogens is 218 g/mol. The van der Waals surface area contributed by atoms with Crippen LogP contribution in [-0.4, -0.2) is 25.4 Å². The first-order chi connectivity index (χ1) is 8.33. The predicted octanol–water partition coefficient (Wildman–Crippen LogP) is 0.949. The number of hydrogen-bond acceptors (Lipinski definition) is 4. The summed E-state index contributed by atoms with van der Waals surface area (Å²) in [6, 6.07) is 0. The smallest absolute Gasteiger partial charge is 0.266 e. The summed E-state index contributed by atoms with van der Waals surface area (Å²) in [5.74, 6) is 1.34. The molecule has 0 saturated carbocycles. The molecule has 88 valence electrons. The van der Waals surface area contributed by atoms with E-state index in [-0.39, 0.29) is 5.56 Å². The van der Waals surface area contributed by atoms with E-state index >= 15 is 0 Å². The first kappa shape index (κ1) is 10.2. The van der Waals surface area contributed by atoms with Crippen molar-refractivity contribution in [2.24, 2.45) is 4.99 Å². The Balaban J connectivity index is 2.30. The lowest BCUT2D eigenvalue weighted by atomic mass is 10.2. The van der Waals surface area contributed by atoms with Crippen molar-refractivity contribution in [3.63, 3.8) is 0 Å². The van der Waals surface area contributed by atoms with Crippen LogP contribution < -0.4 is 5.56 Å². The largest absolute Gasteiger partial charge is 0.294 e. The van der Waals surface area contributed by atoms with Gasteiger partial charge in [-0.05, 0) is 6.42 Å². The maximum atomic E-state index is 12.1. The minimum atomic E-state index is -0.0507. The number of aliphatic imine (C=N–C) groups is 1. The van der Waals surface area contributed by atoms with Gasteiger partial charge in [-0.15, -0.1) is 10.2 Å². The van der Waals surface area contributed by atoms with Gasteiger partial charge in [0.25, 0.3) is 5.56 Å². The number of rotatable bonds is 3. The van der Waals surface area contributed by atoms with E-state index in [1.165, 1.54) is 10.7 Å². The van der Waals surface area contributed by atoms with E-state index in [9.17, 15) is 4.79 Å². The van der Waals surface area contributed by atoms with Crippen molar-refractivity contribution in [3.05, 3.63) is 22.2 Å². The molecule has 0 radical (unpaired) electrons. The third-order valence-corrected chi connectivity index (χ3v) is 3.02. The van der Waals surface area contributed by atoms with Crippen LogP contribution in [0.4, 0.5) is 5.82 Å². The minimum Gasteiger partial charge on any atom is -0.294 e. The summed E-state index contributed by atoms with van der Waals surface area (Å²) in [4.78, 5) is 16.4. The molecule has 3 rings (SSSR count). The summed E-state index contributed by atoms with van der Waals surface area (Å²) in [5, 5.41) is 7.82. The van der Waals surface area contributed by atoms with Gasteiger partial charge in [-0.25, -0.2) is 9.39 Å². The highest BCUT2D eigenvalue weighted by molar-refractivity contribution is 5.74. The van der Waals surface area contributed by atoms with E-state index in [0.717, 1.165) is 30.8 Å². The fraction of sp³-hybridized carbons (Fsp3) is 0.455. The molecule has 0 amide bonds. The molecule has 1 aliphatic heterocycles. The van der Waals surface area contributed by atoms with Crippen molar-refractivity contribution in [2.75, 3.05) is 0 Å². The molecule has 0 aromatic carbocycles. The van der Waals surface area contributed by atoms with Crippen molar-refractivity contribution in [3.8, 4) is 0 Å². The van der Waals surface area contributed by atoms with E-state index in [2.05, 4.69) is 22.1 Å². The SMILES string of the molecule is CCCCn1c2c(c(=O)n3cnnc13)CC=N2. The lowest BCUT2D eigenvalue weighted by Crippen LogP contribution is -2.21. The Labute approximate surface area is 97.6 Å². The molecule has 0 bridgehead atoms. The van der Waals surface area contributed by atoms with Crippen molar-refractivity contribution in [2.45, 2.75) is 32.7 Å². The summed E-state index contributed by atoms with van der Waals surface area (Å²) < 4.78 is 3.49. The van der Waals surface area contributed by atoms with Gasteiger partial charge in [0.1, 0.15) is 12.1 Å². The molecule has 0 aliphatic carbocycles. The first-order valence-corrected chi connectivity index (χ1v) is 5.81. The Morgan fingerprint density at radius 3 is 3.18 bits per heavy atom. The summed E-state index contributed by atoms with van der Waals surface area (Å²) in [6.07, 6.45) is 5.98. The van der Waals surface area contributed by atoms with Gasteiger partial charge >= 0.3 is 0 Å². The van der Waals surface area contributed by atoms with Crippen molar-refractivity contribution in [1.29, 1.82) is 0 Å². The van der Waals surface area contributed by atoms with Gasteiger partial charge in [-0.1, -0.05) is 13.3 Å². The molecule has 2 aromatic rings. The van der Waals surface area contributed by atoms with Gasteiger partial charge in [0.15, 0.2) is 0 Å². The molecule has 1 aliphatic rings. The summed E-state index contributed by atoms with van der Waals surface area (Å²) in [5.41, 5.74) is 0.693. The molecule has 6 heteroatoms. The van der Waals surface area contributed by atoms with Crippen LogP contribution >= 0.6 is 0 Å². The third kappa shape index (κ3) is 1.40. The lowest BCUT2D eigenvalue weighted by Gasteiger charge is -2.11. The van der Waals surface area contributed by atoms with Crippen molar-refractivity contribution in [1.82, 2.24) is 19.2 Å². The molecular formula is C11H13N5O. The number of aryl methyl sites for hydroxylation is 1. The topological polar surface area (TPSA) is 64.5 Å². The predicted molar refractivity (Wildman–Crippen MR) is 64.0 cm³/mol. The first-order valence-electron chi connectivity index (χ1n) is 5.81. The average molecular weight is 231 g/mol. The normalized spacial score (nSPS) is 13.5. The van der Waals surface area contributed by atoms with E-state index < -0.39 is 0 Å². The monoisotopic (exact) mass is 231 g/mol. The van der Waals surface area contributed by atoms with Gasteiger partial charge in [-0.2, -0.15) is 0 Å². The molecule has 0 spiro atoms. The van der Waals surface area contributed by atoms with E-state index in [4.69, 9.17) is 0 Å². The number of fused-ring (bicyclic) bond motifs is 2. The Morgan fingerprint density at radius 2 is 2.35 bits per heavy atom. The van der Waals surface area contributed by atoms with Crippen LogP contribution in [-0.2, 0) is 13.0 Å². The van der Waals surface area contributed by atoms with Crippen molar-refractivity contribution < 1.29 is 0 Å². The molecule has 3 heterocycles. The molecule has 0 atom stereocenters. The van der Waals surface area contributed by atoms with Gasteiger partial charge in [0, 0.05) is 19.2 Å². The Kier molecular flexibility index (Phi) is 2.28. The van der Waals surface area contributed by atoms with Crippen LogP contribution in [0.1, 0.15) is 25.3 Å². The molecule has 17 heavy (non-hydrogen) atoms. The number of nitrogens with zero attached hydrogens (tertiary/aromatic N) is 5. The highest BCUT2D eigenvalue weighted by Crippen LogP contribution is 2.23. The molecule has 6 nitrogen and oxygen atoms in total. The zero-order valence-corrected chi connectivity index (χ0v) is 9.63. The Hall–Kier alpha value is -1.98. The van der Waals surface area contributed by atoms with Crippen LogP contribution in [0.2, 0.25) is 0 Å². The van der Waals surface area contributed by atoms with Crippen LogP contribution in [0.3, 0.4) is 0 Å². The molecule has 0 N–H and O–H groups in total. The zero-order valence-electron chi connectivity index (χ0n) is 9.63. The summed E-state index contributed by atoms with van der Waals surface area (Å²) in [7, 11) is 0. The van der Waals surface area contributed by atoms with Gasteiger partial charge < -0.3 is 0 Å². The Morgan fingerprint density at radius 1 is 1.47 bits per heavy atom. The summed E-state index contributed by atoms with van der Waals surface area (Å²) >= 11 is 0. The average Bonchev–Trinajstić information content (AvgIpc) is 2.97. The van der Waals surface area contributed by atoms with Gasteiger partial charge in [-0.3, -0.25) is 9.36 Å². The van der Waals surface area contributed by atoms with E-state index in [0.29, 0.717) is 12.2 Å². The molecule has 2 aromatic heterocycles. The van der Waals surface area contributed by atoms with Crippen LogP contribution in [0.15, 0.2) is 16.1 Å². The molecule has 0 saturated heterocycles. The second kappa shape index (κ2) is 3.80. The Bertz CT molecular complexity index is 652. The molecule has 0 fully saturated rings. The fourth-order valence-corrected chi connectivity index (χ4v) is 2.13. The van der Waals surface area contributed by atoms with Crippen LogP contribution in [0.5, 0.6) is 0 Å². The maximum absolute atomic E-state index is 12.1. The van der Waals surface area contributed by atoms with Crippen LogP contribution in [0.25, 0.3) is 5.78 Å². The van der Waals surface area contributed by atoms with E-state index in [1.54, 1.807) is 6.21 Å². The third-order valence-electron chi connectivity index (χ3n) is 3.02. The quantitative estimate of drug-likeness (QED) is 0.790. The van der Waals surface area contributed by atoms with Gasteiger partial charge in [0.2, 0.25) is 5.78 Å². The highest BCUT2D eigenvalue weighted by atomic mass is 16.1. The second-order valence-corrected chi connectivity index (χ2v) is 4.13. The standard InChI is InChI=1S/C11H13N5O/c1-2-3-6-15-9-8(4-5-12-9)10(17)16-7-13-14-11(15)16/h5,7H,2-4,6H2,1H3. The highest BCUT2D eigenvalue weighted by Gasteiger charge is 2.19. The summed E-state index contributed by atoms with van der Waals surface area (Å²) in [6.45, 7) is 2.95. The minimum absolute atomic E-state index is 0.0507. The van der Waals surface area contributed by atoms with Crippen molar-refractivity contribution >= 4 is 17.8 Å². The number of aromatic nitrogens is 4. The second-order valence-electron chi connectivity index (χ2n) is 4.13. The number of hydrogen-bond donors (Lipinski definition) is 0. The van der Waals surface area contributed by atoms with Gasteiger partial charge in [0.05, 0.1) is 5.56 Å². The lowest BCUT2D eigenvalue weighted by molar-refractivity contribution is 0.631. The van der Waals surface area contributed by atoms with E-state index in [1.807, 2.05) is 4.57 Å².